The van der Waals surface area contributed by atoms with Crippen LogP contribution in [0.2, 0.25) is 0 Å². The summed E-state index contributed by atoms with van der Waals surface area (Å²) in [4.78, 5) is 25.5. The number of anilines is 1. The van der Waals surface area contributed by atoms with Crippen molar-refractivity contribution < 1.29 is 18.0 Å². The first-order chi connectivity index (χ1) is 12.9. The van der Waals surface area contributed by atoms with Crippen LogP contribution in [-0.4, -0.2) is 39.4 Å². The fraction of sp³-hybridized carbons (Fsp3) is 0.579. The van der Waals surface area contributed by atoms with E-state index in [0.29, 0.717) is 13.0 Å². The molecule has 0 radical (unpaired) electrons. The molecule has 148 valence electrons. The SMILES string of the molecule is CC(=O)N1CCc2cc(S(=O)(=O)NCC(=O)NC3CCCCCC3)ccc21. The van der Waals surface area contributed by atoms with Crippen molar-refractivity contribution in [1.29, 1.82) is 0 Å². The molecule has 1 fully saturated rings. The Hall–Kier alpha value is -1.93. The third-order valence-electron chi connectivity index (χ3n) is 5.28. The monoisotopic (exact) mass is 393 g/mol. The highest BCUT2D eigenvalue weighted by molar-refractivity contribution is 7.89. The van der Waals surface area contributed by atoms with E-state index in [9.17, 15) is 18.0 Å². The van der Waals surface area contributed by atoms with Gasteiger partial charge in [-0.1, -0.05) is 25.7 Å². The topological polar surface area (TPSA) is 95.6 Å². The van der Waals surface area contributed by atoms with Gasteiger partial charge in [0.2, 0.25) is 21.8 Å². The maximum Gasteiger partial charge on any atom is 0.241 e. The van der Waals surface area contributed by atoms with Gasteiger partial charge in [0.05, 0.1) is 11.4 Å². The molecule has 1 aromatic rings. The summed E-state index contributed by atoms with van der Waals surface area (Å²) in [5, 5.41) is 2.93. The summed E-state index contributed by atoms with van der Waals surface area (Å²) < 4.78 is 27.4. The van der Waals surface area contributed by atoms with Crippen molar-refractivity contribution in [2.45, 2.75) is 62.8 Å². The molecule has 0 bridgehead atoms. The third kappa shape index (κ3) is 4.87. The Morgan fingerprint density at radius 2 is 1.85 bits per heavy atom. The summed E-state index contributed by atoms with van der Waals surface area (Å²) in [6.45, 7) is 1.79. The Morgan fingerprint density at radius 3 is 2.52 bits per heavy atom. The Labute approximate surface area is 160 Å². The summed E-state index contributed by atoms with van der Waals surface area (Å²) in [5.41, 5.74) is 1.59. The van der Waals surface area contributed by atoms with Crippen molar-refractivity contribution >= 4 is 27.5 Å². The Bertz CT molecular complexity index is 814. The van der Waals surface area contributed by atoms with E-state index in [1.54, 1.807) is 17.0 Å². The molecule has 1 saturated carbocycles. The highest BCUT2D eigenvalue weighted by Gasteiger charge is 2.25. The van der Waals surface area contributed by atoms with Crippen LogP contribution in [0.3, 0.4) is 0 Å². The predicted molar refractivity (Wildman–Crippen MR) is 103 cm³/mol. The lowest BCUT2D eigenvalue weighted by molar-refractivity contribution is -0.120. The summed E-state index contributed by atoms with van der Waals surface area (Å²) >= 11 is 0. The van der Waals surface area contributed by atoms with E-state index in [0.717, 1.165) is 36.9 Å². The van der Waals surface area contributed by atoms with E-state index in [2.05, 4.69) is 10.0 Å². The molecular formula is C19H27N3O4S. The van der Waals surface area contributed by atoms with Crippen molar-refractivity contribution in [3.05, 3.63) is 23.8 Å². The van der Waals surface area contributed by atoms with Crippen LogP contribution in [0.4, 0.5) is 5.69 Å². The maximum absolute atomic E-state index is 12.5. The second kappa shape index (κ2) is 8.39. The van der Waals surface area contributed by atoms with Gasteiger partial charge in [-0.25, -0.2) is 13.1 Å². The molecule has 27 heavy (non-hydrogen) atoms. The molecule has 0 aromatic heterocycles. The normalized spacial score (nSPS) is 18.0. The van der Waals surface area contributed by atoms with Crippen LogP contribution < -0.4 is 14.9 Å². The fourth-order valence-corrected chi connectivity index (χ4v) is 4.85. The maximum atomic E-state index is 12.5. The van der Waals surface area contributed by atoms with Gasteiger partial charge in [-0.05, 0) is 43.0 Å². The number of carbonyl (C=O) groups excluding carboxylic acids is 2. The van der Waals surface area contributed by atoms with E-state index in [-0.39, 0.29) is 29.3 Å². The fourth-order valence-electron chi connectivity index (χ4n) is 3.82. The van der Waals surface area contributed by atoms with E-state index in [1.807, 2.05) is 0 Å². The van der Waals surface area contributed by atoms with Crippen molar-refractivity contribution in [3.8, 4) is 0 Å². The predicted octanol–water partition coefficient (Wildman–Crippen LogP) is 1.71. The molecule has 3 rings (SSSR count). The molecule has 0 spiro atoms. The van der Waals surface area contributed by atoms with Crippen LogP contribution in [0.5, 0.6) is 0 Å². The molecule has 0 atom stereocenters. The Morgan fingerprint density at radius 1 is 1.15 bits per heavy atom. The second-order valence-electron chi connectivity index (χ2n) is 7.29. The highest BCUT2D eigenvalue weighted by atomic mass is 32.2. The summed E-state index contributed by atoms with van der Waals surface area (Å²) in [7, 11) is -3.78. The van der Waals surface area contributed by atoms with E-state index < -0.39 is 10.0 Å². The molecule has 7 nitrogen and oxygen atoms in total. The number of amides is 2. The molecule has 0 unspecified atom stereocenters. The lowest BCUT2D eigenvalue weighted by atomic mass is 10.1. The quantitative estimate of drug-likeness (QED) is 0.745. The second-order valence-corrected chi connectivity index (χ2v) is 9.06. The van der Waals surface area contributed by atoms with E-state index in [1.165, 1.54) is 25.8 Å². The zero-order valence-electron chi connectivity index (χ0n) is 15.7. The van der Waals surface area contributed by atoms with Crippen LogP contribution >= 0.6 is 0 Å². The van der Waals surface area contributed by atoms with Gasteiger partial charge in [0, 0.05) is 25.2 Å². The van der Waals surface area contributed by atoms with Gasteiger partial charge in [0.25, 0.3) is 0 Å². The third-order valence-corrected chi connectivity index (χ3v) is 6.68. The number of sulfonamides is 1. The summed E-state index contributed by atoms with van der Waals surface area (Å²) in [5.74, 6) is -0.355. The van der Waals surface area contributed by atoms with Crippen LogP contribution in [0.25, 0.3) is 0 Å². The molecule has 1 heterocycles. The lowest BCUT2D eigenvalue weighted by Crippen LogP contribution is -2.41. The largest absolute Gasteiger partial charge is 0.352 e. The van der Waals surface area contributed by atoms with Crippen molar-refractivity contribution in [2.75, 3.05) is 18.0 Å². The van der Waals surface area contributed by atoms with Gasteiger partial charge >= 0.3 is 0 Å². The molecule has 1 aromatic carbocycles. The number of nitrogens with one attached hydrogen (secondary N) is 2. The van der Waals surface area contributed by atoms with Crippen LogP contribution in [0, 0.1) is 0 Å². The van der Waals surface area contributed by atoms with E-state index in [4.69, 9.17) is 0 Å². The van der Waals surface area contributed by atoms with Gasteiger partial charge in [0.1, 0.15) is 0 Å². The van der Waals surface area contributed by atoms with Gasteiger partial charge in [-0.3, -0.25) is 9.59 Å². The minimum atomic E-state index is -3.78. The lowest BCUT2D eigenvalue weighted by Gasteiger charge is -2.17. The first-order valence-corrected chi connectivity index (χ1v) is 11.1. The van der Waals surface area contributed by atoms with Crippen molar-refractivity contribution in [2.24, 2.45) is 0 Å². The number of hydrogen-bond donors (Lipinski definition) is 2. The molecule has 2 amide bonds. The molecule has 8 heteroatoms. The molecule has 1 aliphatic heterocycles. The number of fused-ring (bicyclic) bond motifs is 1. The number of nitrogens with zero attached hydrogens (tertiary/aromatic N) is 1. The van der Waals surface area contributed by atoms with Crippen molar-refractivity contribution in [3.63, 3.8) is 0 Å². The summed E-state index contributed by atoms with van der Waals surface area (Å²) in [6.07, 6.45) is 7.12. The van der Waals surface area contributed by atoms with Gasteiger partial charge in [-0.2, -0.15) is 0 Å². The summed E-state index contributed by atoms with van der Waals surface area (Å²) in [6, 6.07) is 4.86. The standard InChI is InChI=1S/C19H27N3O4S/c1-14(23)22-11-10-15-12-17(8-9-18(15)22)27(25,26)20-13-19(24)21-16-6-4-2-3-5-7-16/h8-9,12,16,20H,2-7,10-11,13H2,1H3,(H,21,24). The highest BCUT2D eigenvalue weighted by Crippen LogP contribution is 2.30. The molecular weight excluding hydrogens is 366 g/mol. The molecule has 2 aliphatic rings. The number of hydrogen-bond acceptors (Lipinski definition) is 4. The average Bonchev–Trinajstić information content (AvgIpc) is 2.90. The first kappa shape index (κ1) is 19.8. The van der Waals surface area contributed by atoms with Crippen LogP contribution in [-0.2, 0) is 26.0 Å². The zero-order valence-corrected chi connectivity index (χ0v) is 16.5. The van der Waals surface area contributed by atoms with Gasteiger partial charge in [-0.15, -0.1) is 0 Å². The average molecular weight is 394 g/mol. The number of carbonyl (C=O) groups is 2. The van der Waals surface area contributed by atoms with Crippen LogP contribution in [0.15, 0.2) is 23.1 Å². The molecule has 2 N–H and O–H groups in total. The van der Waals surface area contributed by atoms with E-state index >= 15 is 0 Å². The smallest absolute Gasteiger partial charge is 0.241 e. The minimum absolute atomic E-state index is 0.0577. The Balaban J connectivity index is 1.60. The Kier molecular flexibility index (Phi) is 6.16. The molecule has 1 aliphatic carbocycles. The first-order valence-electron chi connectivity index (χ1n) is 9.57. The number of rotatable bonds is 5. The number of benzene rings is 1. The minimum Gasteiger partial charge on any atom is -0.352 e. The van der Waals surface area contributed by atoms with Crippen LogP contribution in [0.1, 0.15) is 51.0 Å². The molecule has 0 saturated heterocycles. The zero-order chi connectivity index (χ0) is 19.4. The van der Waals surface area contributed by atoms with Crippen molar-refractivity contribution in [1.82, 2.24) is 10.0 Å². The van der Waals surface area contributed by atoms with Gasteiger partial charge in [0.15, 0.2) is 0 Å². The van der Waals surface area contributed by atoms with Gasteiger partial charge < -0.3 is 10.2 Å².